The molecule has 0 fully saturated rings. The highest BCUT2D eigenvalue weighted by atomic mass is 35.5. The van der Waals surface area contributed by atoms with E-state index in [1.54, 1.807) is 31.2 Å². The topological polar surface area (TPSA) is 75.1 Å². The van der Waals surface area contributed by atoms with Gasteiger partial charge in [-0.1, -0.05) is 29.3 Å². The second-order valence-corrected chi connectivity index (χ2v) is 5.29. The van der Waals surface area contributed by atoms with Gasteiger partial charge in [0.25, 0.3) is 5.91 Å². The minimum Gasteiger partial charge on any atom is -0.392 e. The molecule has 0 radical (unpaired) electrons. The van der Waals surface area contributed by atoms with Crippen LogP contribution in [-0.4, -0.2) is 33.6 Å². The molecule has 1 atom stereocenters. The van der Waals surface area contributed by atoms with Gasteiger partial charge in [0.2, 0.25) is 0 Å². The highest BCUT2D eigenvalue weighted by Gasteiger charge is 2.11. The third kappa shape index (κ3) is 4.14. The predicted molar refractivity (Wildman–Crippen MR) is 81.5 cm³/mol. The van der Waals surface area contributed by atoms with E-state index in [0.717, 1.165) is 5.56 Å². The largest absolute Gasteiger partial charge is 0.392 e. The smallest absolute Gasteiger partial charge is 0.270 e. The van der Waals surface area contributed by atoms with Crippen LogP contribution < -0.4 is 5.32 Å². The molecule has 1 aromatic heterocycles. The zero-order valence-electron chi connectivity index (χ0n) is 11.2. The molecule has 7 heteroatoms. The summed E-state index contributed by atoms with van der Waals surface area (Å²) in [4.78, 5) is 19.9. The number of carbonyl (C=O) groups is 1. The van der Waals surface area contributed by atoms with Crippen LogP contribution in [0.5, 0.6) is 0 Å². The van der Waals surface area contributed by atoms with Crippen LogP contribution in [0.15, 0.2) is 30.6 Å². The van der Waals surface area contributed by atoms with Gasteiger partial charge in [0.15, 0.2) is 0 Å². The van der Waals surface area contributed by atoms with Crippen molar-refractivity contribution in [2.75, 3.05) is 6.54 Å². The van der Waals surface area contributed by atoms with E-state index >= 15 is 0 Å². The number of rotatable bonds is 4. The Morgan fingerprint density at radius 2 is 2.05 bits per heavy atom. The van der Waals surface area contributed by atoms with Crippen LogP contribution in [0.4, 0.5) is 0 Å². The molecule has 1 heterocycles. The first-order valence-corrected chi connectivity index (χ1v) is 6.96. The van der Waals surface area contributed by atoms with Crippen molar-refractivity contribution in [3.8, 4) is 11.3 Å². The Balaban J connectivity index is 2.24. The predicted octanol–water partition coefficient (Wildman–Crippen LogP) is 2.56. The normalized spacial score (nSPS) is 12.0. The van der Waals surface area contributed by atoms with E-state index in [1.165, 1.54) is 6.33 Å². The number of benzene rings is 1. The summed E-state index contributed by atoms with van der Waals surface area (Å²) in [6, 6.07) is 6.64. The number of halogens is 2. The van der Waals surface area contributed by atoms with E-state index in [0.29, 0.717) is 15.7 Å². The number of amides is 1. The fourth-order valence-electron chi connectivity index (χ4n) is 1.63. The van der Waals surface area contributed by atoms with Crippen molar-refractivity contribution < 1.29 is 9.90 Å². The first kappa shape index (κ1) is 15.7. The molecule has 0 saturated heterocycles. The number of hydrogen-bond acceptors (Lipinski definition) is 4. The first-order valence-electron chi connectivity index (χ1n) is 6.21. The summed E-state index contributed by atoms with van der Waals surface area (Å²) >= 11 is 11.8. The Morgan fingerprint density at radius 3 is 2.71 bits per heavy atom. The molecule has 1 aromatic carbocycles. The van der Waals surface area contributed by atoms with Crippen molar-refractivity contribution in [1.82, 2.24) is 15.3 Å². The van der Waals surface area contributed by atoms with Gasteiger partial charge in [-0.3, -0.25) is 4.79 Å². The Labute approximate surface area is 131 Å². The lowest BCUT2D eigenvalue weighted by Gasteiger charge is -2.07. The number of aliphatic hydroxyl groups excluding tert-OH is 1. The van der Waals surface area contributed by atoms with Gasteiger partial charge >= 0.3 is 0 Å². The average Bonchev–Trinajstić information content (AvgIpc) is 2.47. The monoisotopic (exact) mass is 325 g/mol. The van der Waals surface area contributed by atoms with E-state index in [2.05, 4.69) is 15.3 Å². The van der Waals surface area contributed by atoms with Crippen LogP contribution in [0, 0.1) is 0 Å². The molecule has 110 valence electrons. The Morgan fingerprint density at radius 1 is 1.29 bits per heavy atom. The standard InChI is InChI=1S/C14H13Cl2N3O2/c1-8(20)6-17-14(21)13-5-12(18-7-19-13)9-2-3-10(15)11(16)4-9/h2-5,7-8,20H,6H2,1H3,(H,17,21)/t8-/m0/s1. The van der Waals surface area contributed by atoms with Crippen LogP contribution in [0.3, 0.4) is 0 Å². The molecule has 21 heavy (non-hydrogen) atoms. The Hall–Kier alpha value is -1.69. The fourth-order valence-corrected chi connectivity index (χ4v) is 1.92. The van der Waals surface area contributed by atoms with Crippen LogP contribution in [0.1, 0.15) is 17.4 Å². The molecule has 0 aliphatic heterocycles. The Kier molecular flexibility index (Phi) is 5.12. The lowest BCUT2D eigenvalue weighted by atomic mass is 10.1. The molecule has 2 rings (SSSR count). The van der Waals surface area contributed by atoms with E-state index < -0.39 is 6.10 Å². The number of aliphatic hydroxyl groups is 1. The zero-order valence-corrected chi connectivity index (χ0v) is 12.7. The summed E-state index contributed by atoms with van der Waals surface area (Å²) in [5.74, 6) is -0.375. The maximum atomic E-state index is 11.9. The fraction of sp³-hybridized carbons (Fsp3) is 0.214. The summed E-state index contributed by atoms with van der Waals surface area (Å²) in [6.07, 6.45) is 0.681. The Bertz CT molecular complexity index is 662. The van der Waals surface area contributed by atoms with E-state index in [4.69, 9.17) is 28.3 Å². The highest BCUT2D eigenvalue weighted by Crippen LogP contribution is 2.27. The van der Waals surface area contributed by atoms with E-state index in [-0.39, 0.29) is 18.1 Å². The zero-order chi connectivity index (χ0) is 15.4. The maximum absolute atomic E-state index is 11.9. The first-order chi connectivity index (χ1) is 9.97. The van der Waals surface area contributed by atoms with E-state index in [9.17, 15) is 4.79 Å². The van der Waals surface area contributed by atoms with Crippen LogP contribution in [-0.2, 0) is 0 Å². The highest BCUT2D eigenvalue weighted by molar-refractivity contribution is 6.42. The SMILES string of the molecule is C[C@H](O)CNC(=O)c1cc(-c2ccc(Cl)c(Cl)c2)ncn1. The van der Waals surface area contributed by atoms with Gasteiger partial charge in [0.1, 0.15) is 12.0 Å². The van der Waals surface area contributed by atoms with Crippen molar-refractivity contribution in [3.05, 3.63) is 46.3 Å². The summed E-state index contributed by atoms with van der Waals surface area (Å²) in [5.41, 5.74) is 1.51. The van der Waals surface area contributed by atoms with Crippen molar-refractivity contribution in [2.45, 2.75) is 13.0 Å². The van der Waals surface area contributed by atoms with Gasteiger partial charge in [-0.25, -0.2) is 9.97 Å². The number of carbonyl (C=O) groups excluding carboxylic acids is 1. The molecule has 5 nitrogen and oxygen atoms in total. The minimum atomic E-state index is -0.620. The molecule has 0 unspecified atom stereocenters. The molecule has 0 bridgehead atoms. The average molecular weight is 326 g/mol. The quantitative estimate of drug-likeness (QED) is 0.905. The minimum absolute atomic E-state index is 0.158. The number of nitrogens with one attached hydrogen (secondary N) is 1. The van der Waals surface area contributed by atoms with Gasteiger partial charge < -0.3 is 10.4 Å². The second kappa shape index (κ2) is 6.85. The van der Waals surface area contributed by atoms with E-state index in [1.807, 2.05) is 0 Å². The summed E-state index contributed by atoms with van der Waals surface area (Å²) in [7, 11) is 0. The second-order valence-electron chi connectivity index (χ2n) is 4.48. The molecule has 2 aromatic rings. The number of aromatic nitrogens is 2. The van der Waals surface area contributed by atoms with Gasteiger partial charge in [-0.15, -0.1) is 0 Å². The van der Waals surface area contributed by atoms with Crippen molar-refractivity contribution >= 4 is 29.1 Å². The van der Waals surface area contributed by atoms with Crippen LogP contribution in [0.2, 0.25) is 10.0 Å². The molecule has 1 amide bonds. The summed E-state index contributed by atoms with van der Waals surface area (Å²) < 4.78 is 0. The lowest BCUT2D eigenvalue weighted by Crippen LogP contribution is -2.31. The van der Waals surface area contributed by atoms with Gasteiger partial charge in [-0.05, 0) is 25.1 Å². The maximum Gasteiger partial charge on any atom is 0.270 e. The molecule has 2 N–H and O–H groups in total. The third-order valence-electron chi connectivity index (χ3n) is 2.67. The van der Waals surface area contributed by atoms with Crippen LogP contribution >= 0.6 is 23.2 Å². The molecule has 0 saturated carbocycles. The third-order valence-corrected chi connectivity index (χ3v) is 3.41. The number of nitrogens with zero attached hydrogens (tertiary/aromatic N) is 2. The number of hydrogen-bond donors (Lipinski definition) is 2. The molecular formula is C14H13Cl2N3O2. The molecule has 0 aliphatic rings. The van der Waals surface area contributed by atoms with Crippen LogP contribution in [0.25, 0.3) is 11.3 Å². The van der Waals surface area contributed by atoms with Gasteiger partial charge in [0.05, 0.1) is 21.8 Å². The van der Waals surface area contributed by atoms with Crippen molar-refractivity contribution in [2.24, 2.45) is 0 Å². The summed E-state index contributed by atoms with van der Waals surface area (Å²) in [5, 5.41) is 12.6. The molecule has 0 aliphatic carbocycles. The van der Waals surface area contributed by atoms with Crippen molar-refractivity contribution in [1.29, 1.82) is 0 Å². The van der Waals surface area contributed by atoms with Gasteiger partial charge in [0, 0.05) is 12.1 Å². The molecule has 0 spiro atoms. The van der Waals surface area contributed by atoms with Gasteiger partial charge in [-0.2, -0.15) is 0 Å². The van der Waals surface area contributed by atoms with Crippen molar-refractivity contribution in [3.63, 3.8) is 0 Å². The lowest BCUT2D eigenvalue weighted by molar-refractivity contribution is 0.0919. The molecular weight excluding hydrogens is 313 g/mol. The summed E-state index contributed by atoms with van der Waals surface area (Å²) in [6.45, 7) is 1.74.